The molecule has 3 heterocycles. The molecule has 0 amide bonds. The van der Waals surface area contributed by atoms with Crippen LogP contribution in [-0.4, -0.2) is 16.0 Å². The van der Waals surface area contributed by atoms with Crippen molar-refractivity contribution in [2.24, 2.45) is 0 Å². The first-order valence-corrected chi connectivity index (χ1v) is 7.09. The number of halogens is 3. The number of rotatable bonds is 1. The first kappa shape index (κ1) is 13.9. The standard InChI is InChI=1S/C13H11F3N4S/c1-7-2-3-10(21-7)9-4-11(13(14,15)16)20-12(19-9)8(5-17)6-18-20/h2-3,6,9,11,19H,4H2,1H3/t9-,11-/m0/s1. The summed E-state index contributed by atoms with van der Waals surface area (Å²) < 4.78 is 40.6. The normalized spacial score (nSPS) is 21.5. The van der Waals surface area contributed by atoms with E-state index in [0.717, 1.165) is 14.4 Å². The van der Waals surface area contributed by atoms with Crippen molar-refractivity contribution in [1.82, 2.24) is 9.78 Å². The van der Waals surface area contributed by atoms with E-state index in [0.29, 0.717) is 0 Å². The van der Waals surface area contributed by atoms with Crippen LogP contribution in [0.2, 0.25) is 0 Å². The van der Waals surface area contributed by atoms with Gasteiger partial charge in [0.2, 0.25) is 0 Å². The van der Waals surface area contributed by atoms with E-state index in [1.165, 1.54) is 17.5 Å². The zero-order chi connectivity index (χ0) is 15.2. The maximum absolute atomic E-state index is 13.3. The highest BCUT2D eigenvalue weighted by atomic mass is 32.1. The monoisotopic (exact) mass is 312 g/mol. The molecule has 1 N–H and O–H groups in total. The van der Waals surface area contributed by atoms with E-state index >= 15 is 0 Å². The summed E-state index contributed by atoms with van der Waals surface area (Å²) in [5.74, 6) is 0.141. The number of hydrogen-bond acceptors (Lipinski definition) is 4. The molecule has 1 aliphatic rings. The van der Waals surface area contributed by atoms with Crippen LogP contribution in [0.3, 0.4) is 0 Å². The first-order valence-electron chi connectivity index (χ1n) is 6.27. The van der Waals surface area contributed by atoms with Crippen molar-refractivity contribution in [3.8, 4) is 6.07 Å². The fraction of sp³-hybridized carbons (Fsp3) is 0.385. The minimum absolute atomic E-state index is 0.127. The smallest absolute Gasteiger partial charge is 0.361 e. The molecule has 0 saturated heterocycles. The molecule has 0 fully saturated rings. The second kappa shape index (κ2) is 4.77. The Morgan fingerprint density at radius 3 is 2.81 bits per heavy atom. The molecule has 8 heteroatoms. The average molecular weight is 312 g/mol. The van der Waals surface area contributed by atoms with Gasteiger partial charge in [0.25, 0.3) is 0 Å². The Morgan fingerprint density at radius 2 is 2.24 bits per heavy atom. The SMILES string of the molecule is Cc1ccc([C@@H]2C[C@@H](C(F)(F)F)n3ncc(C#N)c3N2)s1. The van der Waals surface area contributed by atoms with Gasteiger partial charge in [-0.25, -0.2) is 4.68 Å². The van der Waals surface area contributed by atoms with Crippen molar-refractivity contribution in [1.29, 1.82) is 5.26 Å². The van der Waals surface area contributed by atoms with Crippen molar-refractivity contribution >= 4 is 17.2 Å². The molecule has 0 bridgehead atoms. The number of nitrogens with zero attached hydrogens (tertiary/aromatic N) is 3. The van der Waals surface area contributed by atoms with Gasteiger partial charge in [-0.2, -0.15) is 23.5 Å². The van der Waals surface area contributed by atoms with Gasteiger partial charge >= 0.3 is 6.18 Å². The van der Waals surface area contributed by atoms with Crippen LogP contribution in [0.4, 0.5) is 19.0 Å². The fourth-order valence-corrected chi connectivity index (χ4v) is 3.41. The summed E-state index contributed by atoms with van der Waals surface area (Å²) in [5, 5.41) is 15.8. The highest BCUT2D eigenvalue weighted by Gasteiger charge is 2.47. The summed E-state index contributed by atoms with van der Waals surface area (Å²) in [4.78, 5) is 1.87. The van der Waals surface area contributed by atoms with Crippen LogP contribution in [0.25, 0.3) is 0 Å². The quantitative estimate of drug-likeness (QED) is 0.871. The Morgan fingerprint density at radius 1 is 1.48 bits per heavy atom. The van der Waals surface area contributed by atoms with Crippen LogP contribution >= 0.6 is 11.3 Å². The van der Waals surface area contributed by atoms with Crippen molar-refractivity contribution in [2.75, 3.05) is 5.32 Å². The van der Waals surface area contributed by atoms with Gasteiger partial charge in [0, 0.05) is 16.2 Å². The van der Waals surface area contributed by atoms with E-state index in [4.69, 9.17) is 5.26 Å². The van der Waals surface area contributed by atoms with Gasteiger partial charge in [0.05, 0.1) is 12.2 Å². The molecular weight excluding hydrogens is 301 g/mol. The van der Waals surface area contributed by atoms with E-state index in [1.807, 2.05) is 25.1 Å². The maximum atomic E-state index is 13.3. The van der Waals surface area contributed by atoms with E-state index < -0.39 is 18.3 Å². The van der Waals surface area contributed by atoms with Crippen LogP contribution in [0.5, 0.6) is 0 Å². The number of hydrogen-bond donors (Lipinski definition) is 1. The minimum atomic E-state index is -4.40. The fourth-order valence-electron chi connectivity index (χ4n) is 2.47. The summed E-state index contributed by atoms with van der Waals surface area (Å²) in [6, 6.07) is 3.39. The number of aromatic nitrogens is 2. The molecule has 21 heavy (non-hydrogen) atoms. The molecule has 0 spiro atoms. The van der Waals surface area contributed by atoms with Crippen molar-refractivity contribution in [2.45, 2.75) is 31.6 Å². The molecular formula is C13H11F3N4S. The molecule has 1 aliphatic heterocycles. The van der Waals surface area contributed by atoms with E-state index in [2.05, 4.69) is 10.4 Å². The predicted molar refractivity (Wildman–Crippen MR) is 72.1 cm³/mol. The Kier molecular flexibility index (Phi) is 3.17. The summed E-state index contributed by atoms with van der Waals surface area (Å²) in [6.07, 6.45) is -3.37. The summed E-state index contributed by atoms with van der Waals surface area (Å²) in [6.45, 7) is 1.91. The van der Waals surface area contributed by atoms with Gasteiger partial charge in [-0.1, -0.05) is 0 Å². The molecule has 2 aromatic rings. The number of anilines is 1. The summed E-state index contributed by atoms with van der Waals surface area (Å²) >= 11 is 1.46. The number of fused-ring (bicyclic) bond motifs is 1. The molecule has 110 valence electrons. The van der Waals surface area contributed by atoms with Gasteiger partial charge < -0.3 is 5.32 Å². The maximum Gasteiger partial charge on any atom is 0.410 e. The third-order valence-electron chi connectivity index (χ3n) is 3.46. The Labute approximate surface area is 122 Å². The number of thiophene rings is 1. The molecule has 0 radical (unpaired) electrons. The first-order chi connectivity index (χ1) is 9.90. The number of aryl methyl sites for hydroxylation is 1. The lowest BCUT2D eigenvalue weighted by Crippen LogP contribution is -2.35. The van der Waals surface area contributed by atoms with Gasteiger partial charge in [-0.05, 0) is 19.1 Å². The molecule has 0 unspecified atom stereocenters. The molecule has 2 aromatic heterocycles. The predicted octanol–water partition coefficient (Wildman–Crippen LogP) is 3.79. The van der Waals surface area contributed by atoms with Gasteiger partial charge in [0.1, 0.15) is 17.5 Å². The van der Waals surface area contributed by atoms with Crippen LogP contribution < -0.4 is 5.32 Å². The zero-order valence-corrected chi connectivity index (χ0v) is 11.8. The number of nitrogens with one attached hydrogen (secondary N) is 1. The van der Waals surface area contributed by atoms with Crippen molar-refractivity contribution < 1.29 is 13.2 Å². The highest BCUT2D eigenvalue weighted by molar-refractivity contribution is 7.12. The number of nitriles is 1. The highest BCUT2D eigenvalue weighted by Crippen LogP contribution is 2.45. The lowest BCUT2D eigenvalue weighted by Gasteiger charge is -2.33. The second-order valence-corrected chi connectivity index (χ2v) is 6.22. The molecule has 4 nitrogen and oxygen atoms in total. The van der Waals surface area contributed by atoms with Crippen LogP contribution in [0.1, 0.15) is 33.8 Å². The van der Waals surface area contributed by atoms with E-state index in [9.17, 15) is 13.2 Å². The van der Waals surface area contributed by atoms with E-state index in [-0.39, 0.29) is 17.8 Å². The van der Waals surface area contributed by atoms with Gasteiger partial charge in [0.15, 0.2) is 6.04 Å². The van der Waals surface area contributed by atoms with Crippen LogP contribution in [0, 0.1) is 18.3 Å². The van der Waals surface area contributed by atoms with E-state index in [1.54, 1.807) is 0 Å². The third-order valence-corrected chi connectivity index (χ3v) is 4.58. The van der Waals surface area contributed by atoms with Crippen LogP contribution in [-0.2, 0) is 0 Å². The second-order valence-electron chi connectivity index (χ2n) is 4.90. The Bertz CT molecular complexity index is 710. The Balaban J connectivity index is 2.05. The van der Waals surface area contributed by atoms with Crippen molar-refractivity contribution in [3.05, 3.63) is 33.6 Å². The molecule has 2 atom stereocenters. The average Bonchev–Trinajstić information content (AvgIpc) is 3.02. The lowest BCUT2D eigenvalue weighted by molar-refractivity contribution is -0.173. The van der Waals surface area contributed by atoms with Crippen molar-refractivity contribution in [3.63, 3.8) is 0 Å². The topological polar surface area (TPSA) is 53.6 Å². The molecule has 0 aliphatic carbocycles. The minimum Gasteiger partial charge on any atom is -0.361 e. The summed E-state index contributed by atoms with van der Waals surface area (Å²) in [5.41, 5.74) is 0.127. The van der Waals surface area contributed by atoms with Crippen LogP contribution in [0.15, 0.2) is 18.3 Å². The van der Waals surface area contributed by atoms with Gasteiger partial charge in [-0.3, -0.25) is 0 Å². The Hall–Kier alpha value is -2.01. The molecule has 0 saturated carbocycles. The lowest BCUT2D eigenvalue weighted by atomic mass is 10.0. The largest absolute Gasteiger partial charge is 0.410 e. The number of alkyl halides is 3. The molecule has 3 rings (SSSR count). The summed E-state index contributed by atoms with van der Waals surface area (Å²) in [7, 11) is 0. The van der Waals surface area contributed by atoms with Gasteiger partial charge in [-0.15, -0.1) is 11.3 Å². The third kappa shape index (κ3) is 2.38. The zero-order valence-electron chi connectivity index (χ0n) is 11.0. The molecule has 0 aromatic carbocycles.